The van der Waals surface area contributed by atoms with Crippen LogP contribution in [0.4, 0.5) is 10.1 Å². The van der Waals surface area contributed by atoms with E-state index >= 15 is 0 Å². The highest BCUT2D eigenvalue weighted by Gasteiger charge is 2.29. The quantitative estimate of drug-likeness (QED) is 0.762. The number of fused-ring (bicyclic) bond motifs is 1. The Kier molecular flexibility index (Phi) is 5.86. The fraction of sp³-hybridized carbons (Fsp3) is 0.381. The second-order valence-electron chi connectivity index (χ2n) is 6.88. The molecule has 5 nitrogen and oxygen atoms in total. The number of anilines is 1. The highest BCUT2D eigenvalue weighted by atomic mass is 32.2. The van der Waals surface area contributed by atoms with Crippen molar-refractivity contribution in [3.63, 3.8) is 0 Å². The number of amides is 1. The van der Waals surface area contributed by atoms with E-state index in [1.54, 1.807) is 39.0 Å². The van der Waals surface area contributed by atoms with Gasteiger partial charge in [-0.1, -0.05) is 32.0 Å². The molecule has 0 N–H and O–H groups in total. The maximum Gasteiger partial charge on any atom is 0.258 e. The van der Waals surface area contributed by atoms with E-state index in [-0.39, 0.29) is 16.4 Å². The number of rotatable bonds is 5. The Bertz CT molecular complexity index is 1000. The molecule has 0 radical (unpaired) electrons. The number of carbonyl (C=O) groups excluding carboxylic acids is 1. The lowest BCUT2D eigenvalue weighted by Crippen LogP contribution is -2.36. The number of nitrogens with zero attached hydrogens (tertiary/aromatic N) is 2. The lowest BCUT2D eigenvalue weighted by Gasteiger charge is -2.30. The van der Waals surface area contributed by atoms with Crippen LogP contribution in [0, 0.1) is 12.7 Å². The predicted molar refractivity (Wildman–Crippen MR) is 108 cm³/mol. The topological polar surface area (TPSA) is 57.7 Å². The van der Waals surface area contributed by atoms with E-state index < -0.39 is 15.8 Å². The molecule has 2 aromatic rings. The van der Waals surface area contributed by atoms with Crippen molar-refractivity contribution in [1.82, 2.24) is 4.31 Å². The molecule has 0 unspecified atom stereocenters. The van der Waals surface area contributed by atoms with Crippen molar-refractivity contribution < 1.29 is 17.6 Å². The number of hydrogen-bond donors (Lipinski definition) is 0. The van der Waals surface area contributed by atoms with Crippen LogP contribution < -0.4 is 4.90 Å². The molecule has 0 aliphatic carbocycles. The van der Waals surface area contributed by atoms with Crippen molar-refractivity contribution in [3.8, 4) is 0 Å². The molecule has 7 heteroatoms. The van der Waals surface area contributed by atoms with Gasteiger partial charge in [-0.05, 0) is 49.1 Å². The monoisotopic (exact) mass is 404 g/mol. The Hall–Kier alpha value is -2.25. The molecule has 1 amide bonds. The molecular formula is C21H25FN2O3S. The van der Waals surface area contributed by atoms with E-state index in [1.807, 2.05) is 6.07 Å². The van der Waals surface area contributed by atoms with Gasteiger partial charge in [0.2, 0.25) is 10.0 Å². The maximum atomic E-state index is 14.4. The second kappa shape index (κ2) is 8.01. The van der Waals surface area contributed by atoms with Crippen LogP contribution in [0.25, 0.3) is 0 Å². The average Bonchev–Trinajstić information content (AvgIpc) is 2.68. The molecular weight excluding hydrogens is 379 g/mol. The molecule has 28 heavy (non-hydrogen) atoms. The summed E-state index contributed by atoms with van der Waals surface area (Å²) in [4.78, 5) is 14.7. The van der Waals surface area contributed by atoms with E-state index in [2.05, 4.69) is 0 Å². The molecule has 1 heterocycles. The van der Waals surface area contributed by atoms with Crippen molar-refractivity contribution in [2.75, 3.05) is 24.5 Å². The molecule has 3 rings (SSSR count). The number of hydrogen-bond acceptors (Lipinski definition) is 3. The summed E-state index contributed by atoms with van der Waals surface area (Å²) in [6, 6.07) is 9.46. The van der Waals surface area contributed by atoms with Gasteiger partial charge in [0.15, 0.2) is 0 Å². The van der Waals surface area contributed by atoms with E-state index in [9.17, 15) is 17.6 Å². The third-order valence-corrected chi connectivity index (χ3v) is 7.36. The molecule has 0 fully saturated rings. The van der Waals surface area contributed by atoms with Crippen LogP contribution >= 0.6 is 0 Å². The summed E-state index contributed by atoms with van der Waals surface area (Å²) < 4.78 is 41.7. The van der Waals surface area contributed by atoms with E-state index in [0.717, 1.165) is 12.0 Å². The zero-order chi connectivity index (χ0) is 20.5. The Morgan fingerprint density at radius 3 is 2.57 bits per heavy atom. The summed E-state index contributed by atoms with van der Waals surface area (Å²) in [6.07, 6.45) is 1.45. The molecule has 2 aromatic carbocycles. The van der Waals surface area contributed by atoms with Crippen LogP contribution in [-0.2, 0) is 16.4 Å². The van der Waals surface area contributed by atoms with Crippen molar-refractivity contribution in [3.05, 3.63) is 58.9 Å². The van der Waals surface area contributed by atoms with Crippen LogP contribution in [0.5, 0.6) is 0 Å². The van der Waals surface area contributed by atoms with Crippen LogP contribution in [0.1, 0.15) is 41.8 Å². The lowest BCUT2D eigenvalue weighted by atomic mass is 10.00. The van der Waals surface area contributed by atoms with Crippen molar-refractivity contribution in [1.29, 1.82) is 0 Å². The highest BCUT2D eigenvalue weighted by molar-refractivity contribution is 7.89. The molecule has 0 bridgehead atoms. The smallest absolute Gasteiger partial charge is 0.258 e. The Morgan fingerprint density at radius 1 is 1.18 bits per heavy atom. The Balaban J connectivity index is 2.04. The molecule has 0 aromatic heterocycles. The average molecular weight is 405 g/mol. The molecule has 0 spiro atoms. The summed E-state index contributed by atoms with van der Waals surface area (Å²) >= 11 is 0. The van der Waals surface area contributed by atoms with Gasteiger partial charge in [0.05, 0.1) is 10.6 Å². The second-order valence-corrected chi connectivity index (χ2v) is 8.78. The fourth-order valence-electron chi connectivity index (χ4n) is 3.68. The van der Waals surface area contributed by atoms with Gasteiger partial charge in [-0.3, -0.25) is 4.79 Å². The summed E-state index contributed by atoms with van der Waals surface area (Å²) in [7, 11) is -3.70. The van der Waals surface area contributed by atoms with Crippen molar-refractivity contribution >= 4 is 21.6 Å². The van der Waals surface area contributed by atoms with Gasteiger partial charge in [0.1, 0.15) is 5.82 Å². The lowest BCUT2D eigenvalue weighted by molar-refractivity contribution is 0.0984. The number of para-hydroxylation sites is 1. The maximum absolute atomic E-state index is 14.4. The number of sulfonamides is 1. The van der Waals surface area contributed by atoms with Gasteiger partial charge >= 0.3 is 0 Å². The van der Waals surface area contributed by atoms with Gasteiger partial charge in [0, 0.05) is 25.2 Å². The molecule has 150 valence electrons. The Morgan fingerprint density at radius 2 is 1.89 bits per heavy atom. The number of carbonyl (C=O) groups is 1. The standard InChI is InChI=1S/C21H25FN2O3S/c1-4-23(5-2)28(26,27)19-14-17(12-11-15(19)3)21(25)24-13-7-9-16-8-6-10-18(22)20(16)24/h6,8,10-12,14H,4-5,7,9,13H2,1-3H3. The summed E-state index contributed by atoms with van der Waals surface area (Å²) in [5.41, 5.74) is 1.91. The third-order valence-electron chi connectivity index (χ3n) is 5.17. The highest BCUT2D eigenvalue weighted by Crippen LogP contribution is 2.32. The first-order valence-corrected chi connectivity index (χ1v) is 10.9. The van der Waals surface area contributed by atoms with Crippen molar-refractivity contribution in [2.45, 2.75) is 38.5 Å². The minimum Gasteiger partial charge on any atom is -0.305 e. The van der Waals surface area contributed by atoms with Gasteiger partial charge in [-0.2, -0.15) is 4.31 Å². The summed E-state index contributed by atoms with van der Waals surface area (Å²) in [5.74, 6) is -0.823. The largest absolute Gasteiger partial charge is 0.305 e. The molecule has 1 aliphatic rings. The zero-order valence-corrected chi connectivity index (χ0v) is 17.2. The minimum absolute atomic E-state index is 0.118. The first-order valence-electron chi connectivity index (χ1n) is 9.51. The van der Waals surface area contributed by atoms with E-state index in [0.29, 0.717) is 37.3 Å². The third kappa shape index (κ3) is 3.56. The number of benzene rings is 2. The van der Waals surface area contributed by atoms with Gasteiger partial charge in [-0.25, -0.2) is 12.8 Å². The minimum atomic E-state index is -3.70. The normalized spacial score (nSPS) is 14.2. The summed E-state index contributed by atoms with van der Waals surface area (Å²) in [5, 5.41) is 0. The Labute approximate surface area is 165 Å². The van der Waals surface area contributed by atoms with Crippen LogP contribution in [0.3, 0.4) is 0 Å². The molecule has 0 atom stereocenters. The van der Waals surface area contributed by atoms with Crippen LogP contribution in [-0.4, -0.2) is 38.3 Å². The zero-order valence-electron chi connectivity index (χ0n) is 16.4. The van der Waals surface area contributed by atoms with Gasteiger partial charge in [0.25, 0.3) is 5.91 Å². The first-order chi connectivity index (χ1) is 13.3. The predicted octanol–water partition coefficient (Wildman–Crippen LogP) is 3.76. The molecule has 0 saturated heterocycles. The van der Waals surface area contributed by atoms with Crippen LogP contribution in [0.15, 0.2) is 41.3 Å². The first kappa shape index (κ1) is 20.5. The van der Waals surface area contributed by atoms with Gasteiger partial charge in [-0.15, -0.1) is 0 Å². The van der Waals surface area contributed by atoms with E-state index in [4.69, 9.17) is 0 Å². The molecule has 0 saturated carbocycles. The number of halogens is 1. The SMILES string of the molecule is CCN(CC)S(=O)(=O)c1cc(C(=O)N2CCCc3cccc(F)c32)ccc1C. The summed E-state index contributed by atoms with van der Waals surface area (Å²) in [6.45, 7) is 6.36. The van der Waals surface area contributed by atoms with Crippen molar-refractivity contribution in [2.24, 2.45) is 0 Å². The van der Waals surface area contributed by atoms with Gasteiger partial charge < -0.3 is 4.90 Å². The fourth-order valence-corrected chi connectivity index (χ4v) is 5.38. The molecule has 1 aliphatic heterocycles. The van der Waals surface area contributed by atoms with E-state index in [1.165, 1.54) is 21.3 Å². The number of aryl methyl sites for hydroxylation is 2. The van der Waals surface area contributed by atoms with Crippen LogP contribution in [0.2, 0.25) is 0 Å².